The molecule has 1 heterocycles. The van der Waals surface area contributed by atoms with Crippen LogP contribution >= 0.6 is 27.5 Å². The second-order valence-electron chi connectivity index (χ2n) is 7.54. The van der Waals surface area contributed by atoms with Crippen LogP contribution in [0.4, 0.5) is 4.79 Å². The molecule has 4 rings (SSSR count). The Morgan fingerprint density at radius 1 is 1.00 bits per heavy atom. The van der Waals surface area contributed by atoms with E-state index >= 15 is 0 Å². The number of hydrogen-bond donors (Lipinski definition) is 1. The zero-order valence-electron chi connectivity index (χ0n) is 18.4. The zero-order chi connectivity index (χ0) is 24.1. The van der Waals surface area contributed by atoms with E-state index in [0.29, 0.717) is 39.8 Å². The van der Waals surface area contributed by atoms with Crippen LogP contribution in [0.3, 0.4) is 0 Å². The molecule has 1 saturated heterocycles. The Labute approximate surface area is 211 Å². The fraction of sp³-hybridized carbons (Fsp3) is 0.154. The maximum atomic E-state index is 12.9. The number of carbonyl (C=O) groups is 2. The smallest absolute Gasteiger partial charge is 0.329 e. The van der Waals surface area contributed by atoms with E-state index in [9.17, 15) is 9.59 Å². The van der Waals surface area contributed by atoms with Crippen molar-refractivity contribution in [2.24, 2.45) is 0 Å². The van der Waals surface area contributed by atoms with Crippen molar-refractivity contribution in [1.29, 1.82) is 0 Å². The highest BCUT2D eigenvalue weighted by Crippen LogP contribution is 2.38. The molecule has 0 radical (unpaired) electrons. The Kier molecular flexibility index (Phi) is 7.55. The first-order chi connectivity index (χ1) is 16.4. The molecule has 174 valence electrons. The Balaban J connectivity index is 1.55. The van der Waals surface area contributed by atoms with Crippen molar-refractivity contribution in [3.05, 3.63) is 98.6 Å². The minimum atomic E-state index is -0.452. The standard InChI is InChI=1S/C26H22BrClN2O4/c1-2-33-23-14-19(12-21(27)24(23)34-16-18-8-10-20(28)11-9-18)13-22-25(31)30(26(32)29-22)15-17-6-4-3-5-7-17/h3-14H,2,15-16H2,1H3,(H,29,32)/b22-13+. The fourth-order valence-electron chi connectivity index (χ4n) is 3.46. The first-order valence-corrected chi connectivity index (χ1v) is 11.8. The van der Waals surface area contributed by atoms with E-state index in [1.807, 2.05) is 67.6 Å². The van der Waals surface area contributed by atoms with Gasteiger partial charge in [-0.05, 0) is 69.9 Å². The second-order valence-corrected chi connectivity index (χ2v) is 8.83. The van der Waals surface area contributed by atoms with Crippen LogP contribution in [0.2, 0.25) is 5.02 Å². The topological polar surface area (TPSA) is 67.9 Å². The van der Waals surface area contributed by atoms with Crippen LogP contribution in [0, 0.1) is 0 Å². The quantitative estimate of drug-likeness (QED) is 0.273. The molecule has 1 fully saturated rings. The van der Waals surface area contributed by atoms with Crippen molar-refractivity contribution in [3.8, 4) is 11.5 Å². The minimum absolute atomic E-state index is 0.199. The van der Waals surface area contributed by atoms with Crippen LogP contribution in [0.25, 0.3) is 6.08 Å². The fourth-order valence-corrected chi connectivity index (χ4v) is 4.16. The molecule has 3 aromatic rings. The summed E-state index contributed by atoms with van der Waals surface area (Å²) in [5.74, 6) is 0.688. The Morgan fingerprint density at radius 3 is 2.44 bits per heavy atom. The molecule has 34 heavy (non-hydrogen) atoms. The number of rotatable bonds is 8. The predicted octanol–water partition coefficient (Wildman–Crippen LogP) is 6.17. The normalized spacial score (nSPS) is 14.4. The highest BCUT2D eigenvalue weighted by molar-refractivity contribution is 9.10. The highest BCUT2D eigenvalue weighted by Gasteiger charge is 2.33. The molecule has 6 nitrogen and oxygen atoms in total. The largest absolute Gasteiger partial charge is 0.490 e. The van der Waals surface area contributed by atoms with Gasteiger partial charge in [0.1, 0.15) is 12.3 Å². The maximum absolute atomic E-state index is 12.9. The lowest BCUT2D eigenvalue weighted by Crippen LogP contribution is -2.30. The van der Waals surface area contributed by atoms with Gasteiger partial charge >= 0.3 is 6.03 Å². The van der Waals surface area contributed by atoms with Crippen LogP contribution in [-0.4, -0.2) is 23.4 Å². The van der Waals surface area contributed by atoms with E-state index in [1.54, 1.807) is 12.1 Å². The molecule has 0 saturated carbocycles. The second kappa shape index (κ2) is 10.8. The molecule has 1 aliphatic rings. The van der Waals surface area contributed by atoms with Crippen LogP contribution < -0.4 is 14.8 Å². The highest BCUT2D eigenvalue weighted by atomic mass is 79.9. The van der Waals surface area contributed by atoms with E-state index < -0.39 is 6.03 Å². The zero-order valence-corrected chi connectivity index (χ0v) is 20.7. The van der Waals surface area contributed by atoms with Gasteiger partial charge in [-0.1, -0.05) is 54.1 Å². The molecule has 8 heteroatoms. The molecule has 0 bridgehead atoms. The van der Waals surface area contributed by atoms with Gasteiger partial charge in [0, 0.05) is 5.02 Å². The molecule has 1 N–H and O–H groups in total. The molecular weight excluding hydrogens is 520 g/mol. The average molecular weight is 542 g/mol. The number of amides is 3. The molecule has 1 aliphatic heterocycles. The summed E-state index contributed by atoms with van der Waals surface area (Å²) in [4.78, 5) is 26.5. The summed E-state index contributed by atoms with van der Waals surface area (Å²) in [6.45, 7) is 2.85. The van der Waals surface area contributed by atoms with Gasteiger partial charge in [-0.3, -0.25) is 9.69 Å². The van der Waals surface area contributed by atoms with Gasteiger partial charge in [-0.25, -0.2) is 4.79 Å². The van der Waals surface area contributed by atoms with Gasteiger partial charge < -0.3 is 14.8 Å². The molecule has 0 aliphatic carbocycles. The number of carbonyl (C=O) groups excluding carboxylic acids is 2. The number of benzene rings is 3. The van der Waals surface area contributed by atoms with Crippen LogP contribution in [0.5, 0.6) is 11.5 Å². The Hall–Kier alpha value is -3.29. The van der Waals surface area contributed by atoms with Crippen LogP contribution in [-0.2, 0) is 17.9 Å². The number of urea groups is 1. The van der Waals surface area contributed by atoms with Crippen molar-refractivity contribution in [1.82, 2.24) is 10.2 Å². The van der Waals surface area contributed by atoms with Crippen molar-refractivity contribution in [3.63, 3.8) is 0 Å². The lowest BCUT2D eigenvalue weighted by Gasteiger charge is -2.15. The van der Waals surface area contributed by atoms with Gasteiger partial charge in [0.2, 0.25) is 0 Å². The summed E-state index contributed by atoms with van der Waals surface area (Å²) < 4.78 is 12.5. The number of halogens is 2. The maximum Gasteiger partial charge on any atom is 0.329 e. The van der Waals surface area contributed by atoms with Crippen molar-refractivity contribution >= 4 is 45.5 Å². The van der Waals surface area contributed by atoms with Crippen molar-refractivity contribution < 1.29 is 19.1 Å². The van der Waals surface area contributed by atoms with Gasteiger partial charge in [-0.15, -0.1) is 0 Å². The third-order valence-electron chi connectivity index (χ3n) is 5.08. The van der Waals surface area contributed by atoms with E-state index in [0.717, 1.165) is 11.1 Å². The lowest BCUT2D eigenvalue weighted by atomic mass is 10.1. The summed E-state index contributed by atoms with van der Waals surface area (Å²) in [5, 5.41) is 3.32. The molecule has 0 unspecified atom stereocenters. The number of hydrogen-bond acceptors (Lipinski definition) is 4. The van der Waals surface area contributed by atoms with Crippen molar-refractivity contribution in [2.75, 3.05) is 6.61 Å². The monoisotopic (exact) mass is 540 g/mol. The predicted molar refractivity (Wildman–Crippen MR) is 135 cm³/mol. The third kappa shape index (κ3) is 5.61. The van der Waals surface area contributed by atoms with Gasteiger partial charge in [0.15, 0.2) is 11.5 Å². The van der Waals surface area contributed by atoms with Crippen molar-refractivity contribution in [2.45, 2.75) is 20.1 Å². The molecule has 0 spiro atoms. The third-order valence-corrected chi connectivity index (χ3v) is 5.93. The van der Waals surface area contributed by atoms with E-state index in [4.69, 9.17) is 21.1 Å². The van der Waals surface area contributed by atoms with Gasteiger partial charge in [0.25, 0.3) is 5.91 Å². The van der Waals surface area contributed by atoms with Gasteiger partial charge in [-0.2, -0.15) is 0 Å². The number of nitrogens with one attached hydrogen (secondary N) is 1. The number of nitrogens with zero attached hydrogens (tertiary/aromatic N) is 1. The van der Waals surface area contributed by atoms with E-state index in [2.05, 4.69) is 21.2 Å². The van der Waals surface area contributed by atoms with Gasteiger partial charge in [0.05, 0.1) is 17.6 Å². The molecule has 0 atom stereocenters. The summed E-state index contributed by atoms with van der Waals surface area (Å²) in [6, 6.07) is 19.9. The SMILES string of the molecule is CCOc1cc(/C=C2/NC(=O)N(Cc3ccccc3)C2=O)cc(Br)c1OCc1ccc(Cl)cc1. The first kappa shape index (κ1) is 23.9. The summed E-state index contributed by atoms with van der Waals surface area (Å²) >= 11 is 9.50. The van der Waals surface area contributed by atoms with E-state index in [1.165, 1.54) is 4.90 Å². The van der Waals surface area contributed by atoms with Crippen LogP contribution in [0.15, 0.2) is 76.9 Å². The Bertz CT molecular complexity index is 1230. The summed E-state index contributed by atoms with van der Waals surface area (Å²) in [5.41, 5.74) is 2.71. The Morgan fingerprint density at radius 2 is 1.74 bits per heavy atom. The lowest BCUT2D eigenvalue weighted by molar-refractivity contribution is -0.123. The summed E-state index contributed by atoms with van der Waals surface area (Å²) in [7, 11) is 0. The first-order valence-electron chi connectivity index (χ1n) is 10.7. The molecule has 3 amide bonds. The summed E-state index contributed by atoms with van der Waals surface area (Å²) in [6.07, 6.45) is 1.63. The molecule has 0 aromatic heterocycles. The minimum Gasteiger partial charge on any atom is -0.490 e. The number of imide groups is 1. The van der Waals surface area contributed by atoms with E-state index in [-0.39, 0.29) is 18.1 Å². The molecular formula is C26H22BrClN2O4. The average Bonchev–Trinajstić information content (AvgIpc) is 3.08. The van der Waals surface area contributed by atoms with Crippen LogP contribution in [0.1, 0.15) is 23.6 Å². The number of ether oxygens (including phenoxy) is 2. The molecule has 3 aromatic carbocycles.